The molecule has 0 radical (unpaired) electrons. The lowest BCUT2D eigenvalue weighted by Crippen LogP contribution is -2.60. The number of carbonyl (C=O) groups is 1. The summed E-state index contributed by atoms with van der Waals surface area (Å²) < 4.78 is 57.3. The van der Waals surface area contributed by atoms with Crippen LogP contribution in [0, 0.1) is 0 Å². The maximum absolute atomic E-state index is 11.8. The molecule has 1 rings (SSSR count). The molecule has 1 fully saturated rings. The number of hydrogen-bond acceptors (Lipinski definition) is 11. The maximum atomic E-state index is 11.8. The quantitative estimate of drug-likeness (QED) is 0.0633. The van der Waals surface area contributed by atoms with Gasteiger partial charge in [0.05, 0.1) is 19.8 Å². The molecule has 0 amide bonds. The minimum Gasteiger partial charge on any atom is -0.457 e. The van der Waals surface area contributed by atoms with Crippen LogP contribution in [0.2, 0.25) is 0 Å². The van der Waals surface area contributed by atoms with Crippen LogP contribution in [0.4, 0.5) is 0 Å². The van der Waals surface area contributed by atoms with Crippen molar-refractivity contribution in [1.29, 1.82) is 0 Å². The molecular formula is C26H48O12S. The number of esters is 1. The summed E-state index contributed by atoms with van der Waals surface area (Å²) >= 11 is 0. The zero-order valence-electron chi connectivity index (χ0n) is 23.2. The molecule has 0 saturated carbocycles. The summed E-state index contributed by atoms with van der Waals surface area (Å²) in [6.45, 7) is 3.28. The number of aliphatic hydroxyl groups is 3. The van der Waals surface area contributed by atoms with Gasteiger partial charge in [-0.05, 0) is 25.7 Å². The first-order valence-electron chi connectivity index (χ1n) is 13.9. The second-order valence-electron chi connectivity index (χ2n) is 9.59. The molecule has 13 heteroatoms. The molecule has 1 heterocycles. The lowest BCUT2D eigenvalue weighted by atomic mass is 9.99. The van der Waals surface area contributed by atoms with E-state index in [-0.39, 0.29) is 19.6 Å². The predicted molar refractivity (Wildman–Crippen MR) is 142 cm³/mol. The largest absolute Gasteiger partial charge is 0.457 e. The summed E-state index contributed by atoms with van der Waals surface area (Å²) in [5.74, 6) is -0.492. The molecule has 0 bridgehead atoms. The highest BCUT2D eigenvalue weighted by atomic mass is 32.3. The van der Waals surface area contributed by atoms with E-state index in [1.807, 2.05) is 0 Å². The topological polar surface area (TPSA) is 178 Å². The maximum Gasteiger partial charge on any atom is 0.397 e. The Labute approximate surface area is 232 Å². The molecule has 0 spiro atoms. The van der Waals surface area contributed by atoms with Crippen molar-refractivity contribution < 1.29 is 56.2 Å². The minimum atomic E-state index is -5.03. The Morgan fingerprint density at radius 3 is 2.21 bits per heavy atom. The van der Waals surface area contributed by atoms with E-state index in [4.69, 9.17) is 23.5 Å². The Morgan fingerprint density at radius 1 is 0.949 bits per heavy atom. The predicted octanol–water partition coefficient (Wildman–Crippen LogP) is 2.45. The van der Waals surface area contributed by atoms with Crippen LogP contribution in [0.1, 0.15) is 84.5 Å². The molecule has 39 heavy (non-hydrogen) atoms. The van der Waals surface area contributed by atoms with Crippen molar-refractivity contribution in [3.05, 3.63) is 12.2 Å². The molecule has 6 unspecified atom stereocenters. The van der Waals surface area contributed by atoms with Crippen molar-refractivity contribution in [3.63, 3.8) is 0 Å². The molecular weight excluding hydrogens is 536 g/mol. The number of ether oxygens (including phenoxy) is 4. The molecule has 4 N–H and O–H groups in total. The van der Waals surface area contributed by atoms with Gasteiger partial charge in [0.25, 0.3) is 0 Å². The highest BCUT2D eigenvalue weighted by Crippen LogP contribution is 2.25. The van der Waals surface area contributed by atoms with Crippen LogP contribution in [0.3, 0.4) is 0 Å². The van der Waals surface area contributed by atoms with Gasteiger partial charge in [-0.15, -0.1) is 0 Å². The third-order valence-corrected chi connectivity index (χ3v) is 6.66. The smallest absolute Gasteiger partial charge is 0.397 e. The molecule has 0 aromatic rings. The van der Waals surface area contributed by atoms with E-state index in [2.05, 4.69) is 23.3 Å². The van der Waals surface area contributed by atoms with Crippen LogP contribution in [0.25, 0.3) is 0 Å². The van der Waals surface area contributed by atoms with Crippen LogP contribution >= 0.6 is 0 Å². The Bertz CT molecular complexity index is 775. The fraction of sp³-hybridized carbons (Fsp3) is 0.885. The standard InChI is InChI=1S/C26H48O12S/c1-3-5-6-7-8-9-10-11-12-13-14-15-16-34-18-20(36-22(28)4-2)19-35-26-24(30)25(38-39(31,32)33)23(29)21(17-27)37-26/h7-8,20-21,23-27,29-30H,3-6,9-19H2,1-2H3,(H,31,32,33)/b8-7-. The van der Waals surface area contributed by atoms with E-state index in [9.17, 15) is 28.5 Å². The van der Waals surface area contributed by atoms with Crippen molar-refractivity contribution in [2.24, 2.45) is 0 Å². The van der Waals surface area contributed by atoms with Crippen LogP contribution in [0.15, 0.2) is 12.2 Å². The second-order valence-corrected chi connectivity index (χ2v) is 10.6. The van der Waals surface area contributed by atoms with Crippen molar-refractivity contribution >= 4 is 16.4 Å². The van der Waals surface area contributed by atoms with Crippen LogP contribution in [-0.2, 0) is 38.3 Å². The summed E-state index contributed by atoms with van der Waals surface area (Å²) in [6, 6.07) is 0. The van der Waals surface area contributed by atoms with Gasteiger partial charge >= 0.3 is 16.4 Å². The number of allylic oxidation sites excluding steroid dienone is 2. The molecule has 6 atom stereocenters. The molecule has 12 nitrogen and oxygen atoms in total. The van der Waals surface area contributed by atoms with Gasteiger partial charge in [0.1, 0.15) is 30.5 Å². The van der Waals surface area contributed by atoms with Crippen LogP contribution in [-0.4, -0.2) is 97.5 Å². The molecule has 0 aromatic carbocycles. The number of hydrogen-bond donors (Lipinski definition) is 4. The summed E-state index contributed by atoms with van der Waals surface area (Å²) in [5, 5.41) is 29.9. The first kappa shape index (κ1) is 35.9. The van der Waals surface area contributed by atoms with Gasteiger partial charge in [-0.2, -0.15) is 8.42 Å². The highest BCUT2D eigenvalue weighted by Gasteiger charge is 2.48. The molecule has 1 saturated heterocycles. The van der Waals surface area contributed by atoms with Crippen molar-refractivity contribution in [2.75, 3.05) is 26.4 Å². The second kappa shape index (κ2) is 20.7. The van der Waals surface area contributed by atoms with Crippen molar-refractivity contribution in [1.82, 2.24) is 0 Å². The summed E-state index contributed by atoms with van der Waals surface area (Å²) in [6.07, 6.45) is 6.76. The normalized spacial score (nSPS) is 24.7. The van der Waals surface area contributed by atoms with Gasteiger partial charge in [-0.25, -0.2) is 4.18 Å². The average Bonchev–Trinajstić information content (AvgIpc) is 2.89. The van der Waals surface area contributed by atoms with Crippen molar-refractivity contribution in [2.45, 2.75) is 121 Å². The lowest BCUT2D eigenvalue weighted by Gasteiger charge is -2.41. The zero-order valence-corrected chi connectivity index (χ0v) is 24.0. The van der Waals surface area contributed by atoms with Crippen molar-refractivity contribution in [3.8, 4) is 0 Å². The SMILES string of the molecule is CCCC/C=C\CCCCCCCCOCC(COC1OC(CO)C(O)C(OS(=O)(=O)O)C1O)OC(=O)CC. The van der Waals surface area contributed by atoms with E-state index in [0.717, 1.165) is 32.1 Å². The van der Waals surface area contributed by atoms with E-state index < -0.39 is 59.8 Å². The Balaban J connectivity index is 2.41. The highest BCUT2D eigenvalue weighted by molar-refractivity contribution is 7.80. The Morgan fingerprint density at radius 2 is 1.59 bits per heavy atom. The van der Waals surface area contributed by atoms with Gasteiger partial charge in [0, 0.05) is 13.0 Å². The fourth-order valence-electron chi connectivity index (χ4n) is 3.98. The molecule has 0 aromatic heterocycles. The monoisotopic (exact) mass is 584 g/mol. The summed E-state index contributed by atoms with van der Waals surface area (Å²) in [7, 11) is -5.03. The average molecular weight is 585 g/mol. The van der Waals surface area contributed by atoms with E-state index >= 15 is 0 Å². The van der Waals surface area contributed by atoms with Gasteiger partial charge in [0.2, 0.25) is 0 Å². The van der Waals surface area contributed by atoms with E-state index in [1.165, 1.54) is 32.1 Å². The fourth-order valence-corrected chi connectivity index (χ4v) is 4.49. The molecule has 1 aliphatic rings. The number of rotatable bonds is 22. The van der Waals surface area contributed by atoms with Gasteiger partial charge in [0.15, 0.2) is 6.29 Å². The third-order valence-electron chi connectivity index (χ3n) is 6.19. The van der Waals surface area contributed by atoms with Gasteiger partial charge in [-0.1, -0.05) is 64.5 Å². The first-order chi connectivity index (χ1) is 18.6. The van der Waals surface area contributed by atoms with Crippen LogP contribution < -0.4 is 0 Å². The summed E-state index contributed by atoms with van der Waals surface area (Å²) in [4.78, 5) is 11.8. The third kappa shape index (κ3) is 16.0. The molecule has 1 aliphatic heterocycles. The lowest BCUT2D eigenvalue weighted by molar-refractivity contribution is -0.301. The number of carbonyl (C=O) groups excluding carboxylic acids is 1. The van der Waals surface area contributed by atoms with Crippen LogP contribution in [0.5, 0.6) is 0 Å². The van der Waals surface area contributed by atoms with E-state index in [0.29, 0.717) is 6.61 Å². The Hall–Kier alpha value is -1.16. The summed E-state index contributed by atoms with van der Waals surface area (Å²) in [5.41, 5.74) is 0. The van der Waals surface area contributed by atoms with E-state index in [1.54, 1.807) is 6.92 Å². The minimum absolute atomic E-state index is 0.0237. The Kier molecular flexibility index (Phi) is 19.0. The first-order valence-corrected chi connectivity index (χ1v) is 15.3. The van der Waals surface area contributed by atoms with Gasteiger partial charge < -0.3 is 34.3 Å². The van der Waals surface area contributed by atoms with Gasteiger partial charge in [-0.3, -0.25) is 9.35 Å². The zero-order chi connectivity index (χ0) is 29.1. The number of aliphatic hydroxyl groups excluding tert-OH is 3. The number of unbranched alkanes of at least 4 members (excludes halogenated alkanes) is 8. The molecule has 230 valence electrons. The molecule has 0 aliphatic carbocycles.